The second-order valence-electron chi connectivity index (χ2n) is 6.40. The molecule has 130 valence electrons. The maximum Gasteiger partial charge on any atom is 0.225 e. The van der Waals surface area contributed by atoms with Crippen LogP contribution in [-0.4, -0.2) is 5.91 Å². The highest BCUT2D eigenvalue weighted by Crippen LogP contribution is 2.14. The second-order valence-corrected chi connectivity index (χ2v) is 7.27. The molecule has 5 heteroatoms. The summed E-state index contributed by atoms with van der Waals surface area (Å²) in [6.45, 7) is 6.75. The van der Waals surface area contributed by atoms with Crippen LogP contribution < -0.4 is 11.1 Å². The maximum absolute atomic E-state index is 11.6. The van der Waals surface area contributed by atoms with E-state index in [2.05, 4.69) is 5.32 Å². The average molecular weight is 367 g/mol. The summed E-state index contributed by atoms with van der Waals surface area (Å²) < 4.78 is 0. The zero-order valence-corrected chi connectivity index (χ0v) is 15.8. The van der Waals surface area contributed by atoms with E-state index in [4.69, 9.17) is 28.9 Å². The molecule has 1 amide bonds. The molecule has 2 rings (SSSR count). The van der Waals surface area contributed by atoms with E-state index in [1.54, 1.807) is 0 Å². The van der Waals surface area contributed by atoms with Crippen molar-refractivity contribution in [2.45, 2.75) is 33.9 Å². The highest BCUT2D eigenvalue weighted by atomic mass is 35.5. The lowest BCUT2D eigenvalue weighted by molar-refractivity contribution is -0.128. The number of nitrogens with one attached hydrogen (secondary N) is 1. The Labute approximate surface area is 154 Å². The lowest BCUT2D eigenvalue weighted by atomic mass is 9.95. The van der Waals surface area contributed by atoms with Gasteiger partial charge in [0.25, 0.3) is 0 Å². The fourth-order valence-electron chi connectivity index (χ4n) is 1.76. The minimum absolute atomic E-state index is 0.0440. The quantitative estimate of drug-likeness (QED) is 0.819. The van der Waals surface area contributed by atoms with E-state index < -0.39 is 0 Å². The summed E-state index contributed by atoms with van der Waals surface area (Å²) in [6, 6.07) is 15.0. The molecule has 0 saturated carbocycles. The first-order valence-electron chi connectivity index (χ1n) is 7.69. The number of halogens is 2. The molecule has 0 aliphatic rings. The van der Waals surface area contributed by atoms with Crippen molar-refractivity contribution in [2.24, 2.45) is 11.1 Å². The van der Waals surface area contributed by atoms with E-state index in [0.717, 1.165) is 16.1 Å². The van der Waals surface area contributed by atoms with Crippen LogP contribution in [0.15, 0.2) is 48.5 Å². The molecule has 3 N–H and O–H groups in total. The SMILES string of the molecule is CC(C)(C)C(=O)NCc1cccc(Cl)c1.NCc1cccc(Cl)c1. The zero-order valence-electron chi connectivity index (χ0n) is 14.3. The molecule has 0 unspecified atom stereocenters. The van der Waals surface area contributed by atoms with Gasteiger partial charge in [-0.05, 0) is 35.4 Å². The van der Waals surface area contributed by atoms with Gasteiger partial charge in [-0.3, -0.25) is 4.79 Å². The van der Waals surface area contributed by atoms with Gasteiger partial charge in [0.15, 0.2) is 0 Å². The van der Waals surface area contributed by atoms with Crippen LogP contribution >= 0.6 is 23.2 Å². The summed E-state index contributed by atoms with van der Waals surface area (Å²) >= 11 is 11.5. The molecule has 3 nitrogen and oxygen atoms in total. The number of hydrogen-bond donors (Lipinski definition) is 2. The molecule has 0 aromatic heterocycles. The fraction of sp³-hybridized carbons (Fsp3) is 0.316. The fourth-order valence-corrected chi connectivity index (χ4v) is 2.18. The molecule has 2 aromatic carbocycles. The predicted molar refractivity (Wildman–Crippen MR) is 102 cm³/mol. The highest BCUT2D eigenvalue weighted by molar-refractivity contribution is 6.30. The van der Waals surface area contributed by atoms with E-state index in [0.29, 0.717) is 18.1 Å². The minimum Gasteiger partial charge on any atom is -0.352 e. The van der Waals surface area contributed by atoms with E-state index in [1.165, 1.54) is 0 Å². The number of carbonyl (C=O) groups excluding carboxylic acids is 1. The van der Waals surface area contributed by atoms with Crippen LogP contribution in [0.2, 0.25) is 10.0 Å². The van der Waals surface area contributed by atoms with Gasteiger partial charge in [0.05, 0.1) is 0 Å². The van der Waals surface area contributed by atoms with Crippen LogP contribution in [0.3, 0.4) is 0 Å². The van der Waals surface area contributed by atoms with E-state index >= 15 is 0 Å². The van der Waals surface area contributed by atoms with Gasteiger partial charge in [-0.15, -0.1) is 0 Å². The molecule has 0 bridgehead atoms. The van der Waals surface area contributed by atoms with E-state index in [1.807, 2.05) is 69.3 Å². The highest BCUT2D eigenvalue weighted by Gasteiger charge is 2.20. The predicted octanol–water partition coefficient (Wildman–Crippen LogP) is 4.80. The van der Waals surface area contributed by atoms with Gasteiger partial charge in [-0.25, -0.2) is 0 Å². The average Bonchev–Trinajstić information content (AvgIpc) is 2.52. The van der Waals surface area contributed by atoms with Gasteiger partial charge in [0, 0.05) is 28.5 Å². The van der Waals surface area contributed by atoms with Crippen molar-refractivity contribution in [1.29, 1.82) is 0 Å². The minimum atomic E-state index is -0.349. The first-order chi connectivity index (χ1) is 11.2. The van der Waals surface area contributed by atoms with Crippen molar-refractivity contribution in [3.63, 3.8) is 0 Å². The number of benzene rings is 2. The van der Waals surface area contributed by atoms with Gasteiger partial charge in [-0.1, -0.05) is 68.2 Å². The molecule has 0 atom stereocenters. The lowest BCUT2D eigenvalue weighted by Crippen LogP contribution is -2.34. The van der Waals surface area contributed by atoms with Gasteiger partial charge in [-0.2, -0.15) is 0 Å². The van der Waals surface area contributed by atoms with Gasteiger partial charge < -0.3 is 11.1 Å². The van der Waals surface area contributed by atoms with Crippen LogP contribution in [-0.2, 0) is 17.9 Å². The Morgan fingerprint density at radius 2 is 1.50 bits per heavy atom. The number of nitrogens with two attached hydrogens (primary N) is 1. The third kappa shape index (κ3) is 7.82. The third-order valence-corrected chi connectivity index (χ3v) is 3.62. The molecule has 0 radical (unpaired) electrons. The maximum atomic E-state index is 11.6. The summed E-state index contributed by atoms with van der Waals surface area (Å²) in [6.07, 6.45) is 0. The molecule has 2 aromatic rings. The molecular weight excluding hydrogens is 343 g/mol. The first kappa shape index (κ1) is 20.5. The van der Waals surface area contributed by atoms with Crippen molar-refractivity contribution in [3.05, 3.63) is 69.7 Å². The number of amides is 1. The lowest BCUT2D eigenvalue weighted by Gasteiger charge is -2.17. The molecule has 0 aliphatic carbocycles. The molecule has 0 fully saturated rings. The van der Waals surface area contributed by atoms with Gasteiger partial charge in [0.1, 0.15) is 0 Å². The molecule has 0 heterocycles. The Bertz CT molecular complexity index is 666. The van der Waals surface area contributed by atoms with Crippen LogP contribution in [0.4, 0.5) is 0 Å². The Morgan fingerprint density at radius 1 is 1.00 bits per heavy atom. The Morgan fingerprint density at radius 3 is 1.92 bits per heavy atom. The smallest absolute Gasteiger partial charge is 0.225 e. The van der Waals surface area contributed by atoms with E-state index in [9.17, 15) is 4.79 Å². The van der Waals surface area contributed by atoms with Crippen molar-refractivity contribution in [2.75, 3.05) is 0 Å². The van der Waals surface area contributed by atoms with Gasteiger partial charge >= 0.3 is 0 Å². The van der Waals surface area contributed by atoms with Crippen LogP contribution in [0.5, 0.6) is 0 Å². The summed E-state index contributed by atoms with van der Waals surface area (Å²) in [5.41, 5.74) is 7.10. The van der Waals surface area contributed by atoms with Crippen molar-refractivity contribution < 1.29 is 4.79 Å². The second kappa shape index (κ2) is 9.67. The Balaban J connectivity index is 0.000000272. The summed E-state index contributed by atoms with van der Waals surface area (Å²) in [5.74, 6) is 0.0440. The zero-order chi connectivity index (χ0) is 18.2. The molecular formula is C19H24Cl2N2O. The number of hydrogen-bond acceptors (Lipinski definition) is 2. The molecule has 0 aliphatic heterocycles. The van der Waals surface area contributed by atoms with Crippen LogP contribution in [0.25, 0.3) is 0 Å². The molecule has 24 heavy (non-hydrogen) atoms. The molecule has 0 saturated heterocycles. The Kier molecular flexibility index (Phi) is 8.26. The third-order valence-electron chi connectivity index (χ3n) is 3.15. The number of rotatable bonds is 3. The van der Waals surface area contributed by atoms with E-state index in [-0.39, 0.29) is 11.3 Å². The van der Waals surface area contributed by atoms with Crippen molar-refractivity contribution in [3.8, 4) is 0 Å². The largest absolute Gasteiger partial charge is 0.352 e. The monoisotopic (exact) mass is 366 g/mol. The van der Waals surface area contributed by atoms with Crippen LogP contribution in [0.1, 0.15) is 31.9 Å². The topological polar surface area (TPSA) is 55.1 Å². The molecule has 0 spiro atoms. The standard InChI is InChI=1S/C12H16ClNO.C7H8ClN/c1-12(2,3)11(15)14-8-9-5-4-6-10(13)7-9;8-7-3-1-2-6(4-7)5-9/h4-7H,8H2,1-3H3,(H,14,15);1-4H,5,9H2. The Hall–Kier alpha value is -1.55. The van der Waals surface area contributed by atoms with Crippen LogP contribution in [0, 0.1) is 5.41 Å². The normalized spacial score (nSPS) is 10.6. The summed E-state index contributed by atoms with van der Waals surface area (Å²) in [7, 11) is 0. The van der Waals surface area contributed by atoms with Gasteiger partial charge in [0.2, 0.25) is 5.91 Å². The number of carbonyl (C=O) groups is 1. The van der Waals surface area contributed by atoms with Crippen molar-refractivity contribution >= 4 is 29.1 Å². The first-order valence-corrected chi connectivity index (χ1v) is 8.45. The van der Waals surface area contributed by atoms with Crippen molar-refractivity contribution in [1.82, 2.24) is 5.32 Å². The summed E-state index contributed by atoms with van der Waals surface area (Å²) in [5, 5.41) is 4.31. The summed E-state index contributed by atoms with van der Waals surface area (Å²) in [4.78, 5) is 11.6.